The van der Waals surface area contributed by atoms with Gasteiger partial charge in [-0.2, -0.15) is 0 Å². The topological polar surface area (TPSA) is 132 Å². The monoisotopic (exact) mass is 432 g/mol. The van der Waals surface area contributed by atoms with Crippen LogP contribution in [0, 0.1) is 0 Å². The number of hydrogen-bond donors (Lipinski definition) is 2. The summed E-state index contributed by atoms with van der Waals surface area (Å²) in [6.45, 7) is 0.822. The highest BCUT2D eigenvalue weighted by molar-refractivity contribution is 7.89. The van der Waals surface area contributed by atoms with Crippen LogP contribution in [0.4, 0.5) is 5.69 Å². The summed E-state index contributed by atoms with van der Waals surface area (Å²) in [6, 6.07) is 10.7. The number of rotatable bonds is 7. The number of carbonyl (C=O) groups excluding carboxylic acids is 2. The molecular formula is C20H24N4O5S. The summed E-state index contributed by atoms with van der Waals surface area (Å²) < 4.78 is 28.0. The minimum Gasteiger partial charge on any atom is -0.454 e. The molecule has 0 spiro atoms. The zero-order valence-corrected chi connectivity index (χ0v) is 17.2. The molecule has 160 valence electrons. The fourth-order valence-corrected chi connectivity index (χ4v) is 3.89. The van der Waals surface area contributed by atoms with E-state index in [4.69, 9.17) is 9.88 Å². The molecule has 1 amide bonds. The summed E-state index contributed by atoms with van der Waals surface area (Å²) in [5, 5.41) is 7.59. The van der Waals surface area contributed by atoms with Gasteiger partial charge in [0.25, 0.3) is 5.91 Å². The number of aromatic nitrogens is 1. The minimum atomic E-state index is -3.88. The quantitative estimate of drug-likeness (QED) is 0.630. The van der Waals surface area contributed by atoms with Crippen molar-refractivity contribution in [1.82, 2.24) is 9.88 Å². The Morgan fingerprint density at radius 3 is 2.77 bits per heavy atom. The van der Waals surface area contributed by atoms with Crippen molar-refractivity contribution in [2.75, 3.05) is 18.5 Å². The van der Waals surface area contributed by atoms with Gasteiger partial charge in [-0.1, -0.05) is 18.6 Å². The summed E-state index contributed by atoms with van der Waals surface area (Å²) in [6.07, 6.45) is 4.26. The number of anilines is 1. The lowest BCUT2D eigenvalue weighted by molar-refractivity contribution is -0.154. The van der Waals surface area contributed by atoms with E-state index in [9.17, 15) is 18.0 Å². The highest BCUT2D eigenvalue weighted by Gasteiger charge is 2.30. The molecule has 0 saturated carbocycles. The first kappa shape index (κ1) is 21.9. The molecule has 1 aromatic heterocycles. The molecule has 3 rings (SSSR count). The van der Waals surface area contributed by atoms with E-state index in [-0.39, 0.29) is 10.6 Å². The Bertz CT molecular complexity index is 997. The second-order valence-electron chi connectivity index (χ2n) is 7.03. The second-order valence-corrected chi connectivity index (χ2v) is 8.59. The van der Waals surface area contributed by atoms with Crippen LogP contribution >= 0.6 is 0 Å². The number of sulfonamides is 1. The van der Waals surface area contributed by atoms with Gasteiger partial charge in [0.1, 0.15) is 6.04 Å². The largest absolute Gasteiger partial charge is 0.454 e. The van der Waals surface area contributed by atoms with Crippen LogP contribution in [-0.4, -0.2) is 49.4 Å². The van der Waals surface area contributed by atoms with Gasteiger partial charge in [-0.3, -0.25) is 19.5 Å². The summed E-state index contributed by atoms with van der Waals surface area (Å²) in [5.41, 5.74) is 1.11. The molecule has 10 heteroatoms. The number of hydrogen-bond acceptors (Lipinski definition) is 7. The van der Waals surface area contributed by atoms with Gasteiger partial charge in [0, 0.05) is 18.4 Å². The maximum atomic E-state index is 12.6. The highest BCUT2D eigenvalue weighted by atomic mass is 32.2. The average Bonchev–Trinajstić information content (AvgIpc) is 2.73. The van der Waals surface area contributed by atoms with Crippen molar-refractivity contribution < 1.29 is 22.7 Å². The number of carbonyl (C=O) groups is 2. The Labute approximate surface area is 175 Å². The van der Waals surface area contributed by atoms with Crippen molar-refractivity contribution >= 4 is 27.6 Å². The molecular weight excluding hydrogens is 408 g/mol. The number of esters is 1. The Hall–Kier alpha value is -2.82. The standard InChI is InChI=1S/C20H24N4O5S/c21-30(27,28)17-8-5-7-15(12-17)23-19(25)14-29-20(26)18-9-2-4-11-24(18)13-16-6-1-3-10-22-16/h1,3,5-8,10,12,18H,2,4,9,11,13-14H2,(H,23,25)(H2,21,27,28)/t18-/m1/s1. The molecule has 2 aromatic rings. The smallest absolute Gasteiger partial charge is 0.323 e. The van der Waals surface area contributed by atoms with Crippen LogP contribution in [0.1, 0.15) is 25.0 Å². The van der Waals surface area contributed by atoms with E-state index in [1.165, 1.54) is 24.3 Å². The molecule has 1 aromatic carbocycles. The lowest BCUT2D eigenvalue weighted by Gasteiger charge is -2.33. The number of pyridine rings is 1. The molecule has 1 fully saturated rings. The van der Waals surface area contributed by atoms with Crippen molar-refractivity contribution in [2.24, 2.45) is 5.14 Å². The van der Waals surface area contributed by atoms with E-state index < -0.39 is 34.5 Å². The predicted molar refractivity (Wildman–Crippen MR) is 110 cm³/mol. The number of nitrogens with zero attached hydrogens (tertiary/aromatic N) is 2. The van der Waals surface area contributed by atoms with Crippen LogP contribution in [0.2, 0.25) is 0 Å². The molecule has 1 aliphatic heterocycles. The second kappa shape index (κ2) is 9.79. The van der Waals surface area contributed by atoms with E-state index in [0.717, 1.165) is 25.1 Å². The number of primary sulfonamides is 1. The van der Waals surface area contributed by atoms with E-state index in [1.807, 2.05) is 23.1 Å². The molecule has 2 heterocycles. The van der Waals surface area contributed by atoms with Crippen molar-refractivity contribution in [2.45, 2.75) is 36.7 Å². The van der Waals surface area contributed by atoms with Crippen LogP contribution < -0.4 is 10.5 Å². The fourth-order valence-electron chi connectivity index (χ4n) is 3.33. The molecule has 3 N–H and O–H groups in total. The van der Waals surface area contributed by atoms with Crippen LogP contribution in [0.15, 0.2) is 53.6 Å². The number of benzene rings is 1. The first-order chi connectivity index (χ1) is 14.3. The van der Waals surface area contributed by atoms with Crippen LogP contribution in [0.25, 0.3) is 0 Å². The maximum Gasteiger partial charge on any atom is 0.323 e. The van der Waals surface area contributed by atoms with Crippen molar-refractivity contribution in [3.05, 3.63) is 54.4 Å². The van der Waals surface area contributed by atoms with E-state index >= 15 is 0 Å². The highest BCUT2D eigenvalue weighted by Crippen LogP contribution is 2.20. The molecule has 0 radical (unpaired) electrons. The van der Waals surface area contributed by atoms with Gasteiger partial charge < -0.3 is 10.1 Å². The number of ether oxygens (including phenoxy) is 1. The molecule has 30 heavy (non-hydrogen) atoms. The molecule has 1 saturated heterocycles. The molecule has 0 unspecified atom stereocenters. The number of likely N-dealkylation sites (tertiary alicyclic amines) is 1. The summed E-state index contributed by atoms with van der Waals surface area (Å²) in [5.74, 6) is -1.03. The van der Waals surface area contributed by atoms with Crippen molar-refractivity contribution in [1.29, 1.82) is 0 Å². The number of amides is 1. The van der Waals surface area contributed by atoms with E-state index in [1.54, 1.807) is 6.20 Å². The van der Waals surface area contributed by atoms with Gasteiger partial charge in [0.2, 0.25) is 10.0 Å². The molecule has 0 aliphatic carbocycles. The number of nitrogens with two attached hydrogens (primary N) is 1. The zero-order valence-electron chi connectivity index (χ0n) is 16.4. The third kappa shape index (κ3) is 6.09. The van der Waals surface area contributed by atoms with Gasteiger partial charge in [-0.15, -0.1) is 0 Å². The molecule has 0 bridgehead atoms. The number of piperidine rings is 1. The Kier molecular flexibility index (Phi) is 7.14. The van der Waals surface area contributed by atoms with Crippen molar-refractivity contribution in [3.8, 4) is 0 Å². The van der Waals surface area contributed by atoms with E-state index in [2.05, 4.69) is 10.3 Å². The lowest BCUT2D eigenvalue weighted by atomic mass is 10.0. The Morgan fingerprint density at radius 2 is 2.03 bits per heavy atom. The average molecular weight is 433 g/mol. The normalized spacial score (nSPS) is 17.3. The zero-order chi connectivity index (χ0) is 21.6. The maximum absolute atomic E-state index is 12.6. The summed E-state index contributed by atoms with van der Waals surface area (Å²) in [7, 11) is -3.88. The Balaban J connectivity index is 1.55. The van der Waals surface area contributed by atoms with Crippen molar-refractivity contribution in [3.63, 3.8) is 0 Å². The third-order valence-corrected chi connectivity index (χ3v) is 5.68. The fraction of sp³-hybridized carbons (Fsp3) is 0.350. The summed E-state index contributed by atoms with van der Waals surface area (Å²) in [4.78, 5) is 30.9. The van der Waals surface area contributed by atoms with Gasteiger partial charge in [0.05, 0.1) is 10.6 Å². The third-order valence-electron chi connectivity index (χ3n) is 4.77. The first-order valence-electron chi connectivity index (χ1n) is 9.56. The van der Waals surface area contributed by atoms with Gasteiger partial charge in [-0.25, -0.2) is 13.6 Å². The van der Waals surface area contributed by atoms with E-state index in [0.29, 0.717) is 13.0 Å². The molecule has 9 nitrogen and oxygen atoms in total. The summed E-state index contributed by atoms with van der Waals surface area (Å²) >= 11 is 0. The van der Waals surface area contributed by atoms with Gasteiger partial charge in [-0.05, 0) is 49.7 Å². The molecule has 1 aliphatic rings. The SMILES string of the molecule is NS(=O)(=O)c1cccc(NC(=O)COC(=O)[C@H]2CCCCN2Cc2ccccn2)c1. The van der Waals surface area contributed by atoms with Crippen LogP contribution in [0.5, 0.6) is 0 Å². The minimum absolute atomic E-state index is 0.121. The molecule has 1 atom stereocenters. The van der Waals surface area contributed by atoms with Gasteiger partial charge in [0.15, 0.2) is 6.61 Å². The Morgan fingerprint density at radius 1 is 1.20 bits per heavy atom. The lowest BCUT2D eigenvalue weighted by Crippen LogP contribution is -2.45. The predicted octanol–water partition coefficient (Wildman–Crippen LogP) is 1.27. The van der Waals surface area contributed by atoms with Crippen LogP contribution in [-0.2, 0) is 30.9 Å². The number of nitrogens with one attached hydrogen (secondary N) is 1. The van der Waals surface area contributed by atoms with Gasteiger partial charge >= 0.3 is 5.97 Å². The first-order valence-corrected chi connectivity index (χ1v) is 11.1. The van der Waals surface area contributed by atoms with Crippen LogP contribution in [0.3, 0.4) is 0 Å².